The quantitative estimate of drug-likeness (QED) is 0.170. The first-order valence-electron chi connectivity index (χ1n) is 16.8. The van der Waals surface area contributed by atoms with E-state index >= 15 is 0 Å². The summed E-state index contributed by atoms with van der Waals surface area (Å²) in [6.45, 7) is 10.6. The average molecular weight is 721 g/mol. The molecule has 282 valence electrons. The van der Waals surface area contributed by atoms with Gasteiger partial charge in [0.25, 0.3) is 11.8 Å². The molecule has 0 radical (unpaired) electrons. The van der Waals surface area contributed by atoms with Crippen LogP contribution in [-0.4, -0.2) is 123 Å². The van der Waals surface area contributed by atoms with Crippen LogP contribution >= 0.6 is 0 Å². The number of benzene rings is 1. The number of urea groups is 2. The Balaban J connectivity index is 0.000000238. The van der Waals surface area contributed by atoms with Crippen LogP contribution in [0.25, 0.3) is 0 Å². The number of carbonyl (C=O) groups excluding carboxylic acids is 6. The predicted octanol–water partition coefficient (Wildman–Crippen LogP) is 1.81. The van der Waals surface area contributed by atoms with E-state index in [1.165, 1.54) is 14.9 Å². The van der Waals surface area contributed by atoms with Crippen LogP contribution in [0.15, 0.2) is 30.3 Å². The lowest BCUT2D eigenvalue weighted by molar-refractivity contribution is -0.166. The Labute approximate surface area is 296 Å². The minimum absolute atomic E-state index is 0.0852. The van der Waals surface area contributed by atoms with E-state index in [0.29, 0.717) is 43.8 Å². The largest absolute Gasteiger partial charge is 0.458 e. The lowest BCUT2D eigenvalue weighted by atomic mass is 10.0. The highest BCUT2D eigenvalue weighted by Crippen LogP contribution is 2.31. The maximum Gasteiger partial charge on any atom is 0.345 e. The van der Waals surface area contributed by atoms with Crippen LogP contribution in [0.3, 0.4) is 0 Å². The second-order valence-corrected chi connectivity index (χ2v) is 14.5. The number of nitrogens with one attached hydrogen (secondary N) is 2. The van der Waals surface area contributed by atoms with Gasteiger partial charge in [0.05, 0.1) is 12.1 Å². The van der Waals surface area contributed by atoms with Crippen molar-refractivity contribution in [2.24, 2.45) is 0 Å². The molecule has 4 fully saturated rings. The van der Waals surface area contributed by atoms with Gasteiger partial charge in [0, 0.05) is 13.1 Å². The fourth-order valence-corrected chi connectivity index (χ4v) is 5.92. The summed E-state index contributed by atoms with van der Waals surface area (Å²) in [5, 5.41) is 11.6. The zero-order valence-electron chi connectivity index (χ0n) is 29.8. The first-order valence-corrected chi connectivity index (χ1v) is 16.8. The van der Waals surface area contributed by atoms with Gasteiger partial charge >= 0.3 is 24.0 Å². The van der Waals surface area contributed by atoms with E-state index in [2.05, 4.69) is 11.0 Å². The third-order valence-electron chi connectivity index (χ3n) is 8.05. The fourth-order valence-electron chi connectivity index (χ4n) is 5.92. The van der Waals surface area contributed by atoms with Gasteiger partial charge in [-0.05, 0) is 72.8 Å². The number of hydrogen-bond donors (Lipinski definition) is 3. The van der Waals surface area contributed by atoms with E-state index in [4.69, 9.17) is 24.0 Å². The number of fused-ring (bicyclic) bond motifs is 4. The molecule has 4 bridgehead atoms. The van der Waals surface area contributed by atoms with Crippen molar-refractivity contribution >= 4 is 35.8 Å². The molecule has 0 saturated carbocycles. The first kappa shape index (κ1) is 39.3. The third-order valence-corrected chi connectivity index (χ3v) is 8.05. The highest BCUT2D eigenvalue weighted by atomic mass is 16.7. The van der Waals surface area contributed by atoms with Crippen molar-refractivity contribution in [2.45, 2.75) is 109 Å². The van der Waals surface area contributed by atoms with E-state index in [9.17, 15) is 34.0 Å². The maximum absolute atomic E-state index is 12.7. The minimum Gasteiger partial charge on any atom is -0.458 e. The Morgan fingerprint density at radius 2 is 1.20 bits per heavy atom. The topological polar surface area (TPSA) is 206 Å². The van der Waals surface area contributed by atoms with Crippen LogP contribution in [0.5, 0.6) is 0 Å². The Kier molecular flexibility index (Phi) is 12.8. The number of esters is 2. The van der Waals surface area contributed by atoms with Crippen molar-refractivity contribution in [2.75, 3.05) is 26.3 Å². The van der Waals surface area contributed by atoms with Gasteiger partial charge in [0.15, 0.2) is 13.2 Å². The van der Waals surface area contributed by atoms with Crippen LogP contribution in [0, 0.1) is 0 Å². The monoisotopic (exact) mass is 720 g/mol. The second kappa shape index (κ2) is 16.7. The molecule has 0 aromatic heterocycles. The molecule has 6 amide bonds. The number of amides is 6. The van der Waals surface area contributed by atoms with Gasteiger partial charge in [0.1, 0.15) is 29.9 Å². The molecule has 0 spiro atoms. The highest BCUT2D eigenvalue weighted by molar-refractivity contribution is 5.89. The number of hydroxylamine groups is 6. The van der Waals surface area contributed by atoms with Crippen LogP contribution in [0.1, 0.15) is 72.8 Å². The highest BCUT2D eigenvalue weighted by Gasteiger charge is 2.48. The number of hydrogen-bond acceptors (Lipinski definition) is 12. The fraction of sp³-hybridized carbons (Fsp3) is 0.636. The molecular weight excluding hydrogens is 672 g/mol. The van der Waals surface area contributed by atoms with Crippen LogP contribution < -0.4 is 11.0 Å². The molecule has 1 aromatic rings. The minimum atomic E-state index is -0.709. The summed E-state index contributed by atoms with van der Waals surface area (Å²) >= 11 is 0. The van der Waals surface area contributed by atoms with Crippen LogP contribution in [0.4, 0.5) is 9.59 Å². The third kappa shape index (κ3) is 11.0. The normalized spacial score (nSPS) is 22.6. The van der Waals surface area contributed by atoms with Crippen molar-refractivity contribution < 1.29 is 58.0 Å². The molecule has 4 heterocycles. The van der Waals surface area contributed by atoms with Gasteiger partial charge in [-0.1, -0.05) is 30.3 Å². The molecule has 0 aliphatic carbocycles. The van der Waals surface area contributed by atoms with E-state index in [0.717, 1.165) is 5.56 Å². The molecule has 1 aromatic carbocycles. The standard InChI is InChI=1S/C20H27N3O6.C13H21N3O6/c1-20(2,3)29-17(24)13-27-21-18(25)16-10-9-15-11-22(16)19(26)23(15)28-12-14-7-5-4-6-8-14;1-13(2,3)22-10(17)7-21-14-11(18)9-5-4-8-6-15(9)12(19)16(8)20/h4-8,15-16H,9-13H2,1-3H3,(H,21,25);8-9,20H,4-7H2,1-3H3,(H,14,18)/t15-,16+;8-,9+/m11/s1. The van der Waals surface area contributed by atoms with Crippen molar-refractivity contribution in [1.29, 1.82) is 0 Å². The van der Waals surface area contributed by atoms with E-state index < -0.39 is 66.3 Å². The molecular formula is C33H48N6O12. The molecule has 4 aliphatic rings. The van der Waals surface area contributed by atoms with Gasteiger partial charge in [-0.15, -0.1) is 0 Å². The summed E-state index contributed by atoms with van der Waals surface area (Å²) in [5.74, 6) is -2.18. The Morgan fingerprint density at radius 3 is 1.71 bits per heavy atom. The summed E-state index contributed by atoms with van der Waals surface area (Å²) in [6.07, 6.45) is 2.09. The SMILES string of the molecule is CC(C)(C)OC(=O)CONC(=O)[C@@H]1CC[C@@H]2CN1C(=O)N2O.CC(C)(C)OC(=O)CONC(=O)[C@@H]1CC[C@@H]2CN1C(=O)N2OCc1ccccc1. The molecule has 3 N–H and O–H groups in total. The molecule has 51 heavy (non-hydrogen) atoms. The van der Waals surface area contributed by atoms with Crippen LogP contribution in [-0.2, 0) is 49.8 Å². The number of rotatable bonds is 11. The Morgan fingerprint density at radius 1 is 0.725 bits per heavy atom. The lowest BCUT2D eigenvalue weighted by Gasteiger charge is -2.29. The Hall–Kier alpha value is -4.52. The van der Waals surface area contributed by atoms with Gasteiger partial charge in [-0.25, -0.2) is 35.2 Å². The summed E-state index contributed by atoms with van der Waals surface area (Å²) in [6, 6.07) is 6.92. The lowest BCUT2D eigenvalue weighted by Crippen LogP contribution is -2.50. The Bertz CT molecular complexity index is 1430. The molecule has 18 heteroatoms. The maximum atomic E-state index is 12.7. The summed E-state index contributed by atoms with van der Waals surface area (Å²) in [5.41, 5.74) is 4.10. The molecule has 4 saturated heterocycles. The van der Waals surface area contributed by atoms with Crippen molar-refractivity contribution in [3.8, 4) is 0 Å². The van der Waals surface area contributed by atoms with E-state index in [1.54, 1.807) is 41.5 Å². The number of piperidine rings is 2. The van der Waals surface area contributed by atoms with Crippen molar-refractivity contribution in [3.05, 3.63) is 35.9 Å². The van der Waals surface area contributed by atoms with E-state index in [-0.39, 0.29) is 24.7 Å². The van der Waals surface area contributed by atoms with Crippen molar-refractivity contribution in [1.82, 2.24) is 30.9 Å². The zero-order valence-corrected chi connectivity index (χ0v) is 29.8. The van der Waals surface area contributed by atoms with Gasteiger partial charge in [0.2, 0.25) is 0 Å². The smallest absolute Gasteiger partial charge is 0.345 e. The van der Waals surface area contributed by atoms with Crippen LogP contribution in [0.2, 0.25) is 0 Å². The van der Waals surface area contributed by atoms with Gasteiger partial charge in [-0.2, -0.15) is 5.06 Å². The molecule has 5 rings (SSSR count). The van der Waals surface area contributed by atoms with Gasteiger partial charge < -0.3 is 19.3 Å². The summed E-state index contributed by atoms with van der Waals surface area (Å²) in [7, 11) is 0. The molecule has 4 aliphatic heterocycles. The molecule has 18 nitrogen and oxygen atoms in total. The predicted molar refractivity (Wildman–Crippen MR) is 174 cm³/mol. The molecule has 4 atom stereocenters. The number of carbonyl (C=O) groups is 6. The second-order valence-electron chi connectivity index (χ2n) is 14.5. The van der Waals surface area contributed by atoms with Gasteiger partial charge in [-0.3, -0.25) is 29.3 Å². The van der Waals surface area contributed by atoms with E-state index in [1.807, 2.05) is 30.3 Å². The number of ether oxygens (including phenoxy) is 2. The first-order chi connectivity index (χ1) is 23.9. The summed E-state index contributed by atoms with van der Waals surface area (Å²) in [4.78, 5) is 90.3. The number of nitrogens with zero attached hydrogens (tertiary/aromatic N) is 4. The average Bonchev–Trinajstić information content (AvgIpc) is 3.41. The molecule has 0 unspecified atom stereocenters. The summed E-state index contributed by atoms with van der Waals surface area (Å²) < 4.78 is 10.1. The zero-order chi connectivity index (χ0) is 37.5. The van der Waals surface area contributed by atoms with Crippen molar-refractivity contribution in [3.63, 3.8) is 0 Å².